The van der Waals surface area contributed by atoms with Gasteiger partial charge in [-0.3, -0.25) is 9.36 Å². The number of carbonyl (C=O) groups excluding carboxylic acids is 1. The fraction of sp³-hybridized carbons (Fsp3) is 0.0526. The average molecular weight is 344 g/mol. The molecule has 26 heavy (non-hydrogen) atoms. The number of rotatable bonds is 4. The molecule has 3 aromatic heterocycles. The van der Waals surface area contributed by atoms with Gasteiger partial charge in [0.2, 0.25) is 0 Å². The fourth-order valence-electron chi connectivity index (χ4n) is 2.60. The van der Waals surface area contributed by atoms with Gasteiger partial charge in [0.05, 0.1) is 29.3 Å². The van der Waals surface area contributed by atoms with Crippen molar-refractivity contribution in [3.8, 4) is 11.5 Å². The summed E-state index contributed by atoms with van der Waals surface area (Å²) >= 11 is 0. The fourth-order valence-corrected chi connectivity index (χ4v) is 2.60. The number of hydrogen-bond acceptors (Lipinski definition) is 4. The minimum Gasteiger partial charge on any atom is -0.320 e. The van der Waals surface area contributed by atoms with Crippen molar-refractivity contribution in [3.63, 3.8) is 0 Å². The van der Waals surface area contributed by atoms with Gasteiger partial charge in [0, 0.05) is 18.6 Å². The molecule has 0 fully saturated rings. The van der Waals surface area contributed by atoms with Crippen molar-refractivity contribution in [2.75, 3.05) is 5.32 Å². The number of nitrogens with zero attached hydrogens (tertiary/aromatic N) is 5. The third kappa shape index (κ3) is 3.10. The zero-order valence-corrected chi connectivity index (χ0v) is 14.1. The largest absolute Gasteiger partial charge is 0.320 e. The number of imidazole rings is 1. The normalized spacial score (nSPS) is 10.7. The van der Waals surface area contributed by atoms with E-state index in [0.717, 1.165) is 17.1 Å². The summed E-state index contributed by atoms with van der Waals surface area (Å²) in [6.45, 7) is 2.00. The minimum atomic E-state index is -0.234. The second-order valence-electron chi connectivity index (χ2n) is 5.79. The van der Waals surface area contributed by atoms with Crippen molar-refractivity contribution < 1.29 is 4.79 Å². The molecule has 0 saturated carbocycles. The van der Waals surface area contributed by atoms with E-state index in [1.807, 2.05) is 37.3 Å². The Morgan fingerprint density at radius 2 is 2.00 bits per heavy atom. The van der Waals surface area contributed by atoms with Crippen LogP contribution in [0.2, 0.25) is 0 Å². The van der Waals surface area contributed by atoms with E-state index >= 15 is 0 Å². The molecule has 0 aliphatic heterocycles. The van der Waals surface area contributed by atoms with Crippen molar-refractivity contribution in [1.82, 2.24) is 24.3 Å². The zero-order chi connectivity index (χ0) is 17.9. The molecule has 0 saturated heterocycles. The first-order valence-corrected chi connectivity index (χ1v) is 8.07. The maximum atomic E-state index is 12.4. The Morgan fingerprint density at radius 1 is 1.12 bits per heavy atom. The lowest BCUT2D eigenvalue weighted by molar-refractivity contribution is 0.102. The van der Waals surface area contributed by atoms with E-state index in [-0.39, 0.29) is 5.91 Å². The highest BCUT2D eigenvalue weighted by atomic mass is 16.1. The summed E-state index contributed by atoms with van der Waals surface area (Å²) in [5.41, 5.74) is 3.12. The van der Waals surface area contributed by atoms with Crippen LogP contribution in [-0.2, 0) is 0 Å². The summed E-state index contributed by atoms with van der Waals surface area (Å²) in [7, 11) is 0. The number of hydrogen-bond donors (Lipinski definition) is 1. The van der Waals surface area contributed by atoms with Gasteiger partial charge >= 0.3 is 0 Å². The van der Waals surface area contributed by atoms with Crippen molar-refractivity contribution >= 4 is 11.6 Å². The predicted octanol–water partition coefficient (Wildman–Crippen LogP) is 3.01. The molecule has 0 aliphatic carbocycles. The first-order chi connectivity index (χ1) is 12.7. The van der Waals surface area contributed by atoms with Crippen molar-refractivity contribution in [2.24, 2.45) is 0 Å². The van der Waals surface area contributed by atoms with Crippen LogP contribution in [0, 0.1) is 6.92 Å². The van der Waals surface area contributed by atoms with Crippen LogP contribution in [0.15, 0.2) is 73.7 Å². The molecule has 7 heteroatoms. The molecule has 128 valence electrons. The minimum absolute atomic E-state index is 0.234. The van der Waals surface area contributed by atoms with E-state index in [1.165, 1.54) is 0 Å². The number of benzene rings is 1. The van der Waals surface area contributed by atoms with Gasteiger partial charge in [-0.05, 0) is 30.7 Å². The monoisotopic (exact) mass is 344 g/mol. The number of nitrogens with one attached hydrogen (secondary N) is 1. The average Bonchev–Trinajstić information content (AvgIpc) is 3.35. The van der Waals surface area contributed by atoms with Crippen LogP contribution >= 0.6 is 0 Å². The van der Waals surface area contributed by atoms with Crippen molar-refractivity contribution in [1.29, 1.82) is 0 Å². The molecule has 1 N–H and O–H groups in total. The van der Waals surface area contributed by atoms with Gasteiger partial charge < -0.3 is 5.32 Å². The summed E-state index contributed by atoms with van der Waals surface area (Å²) in [5.74, 6) is 0.495. The Hall–Kier alpha value is -3.74. The molecule has 0 aliphatic rings. The maximum Gasteiger partial charge on any atom is 0.258 e. The second-order valence-corrected chi connectivity index (χ2v) is 5.79. The standard InChI is InChI=1S/C19H16N6O/c1-14-4-2-3-5-17(14)25-12-15(10-22-25)19(26)23-16-6-7-18(21-11-16)24-9-8-20-13-24/h2-13H,1H3,(H,23,26). The molecule has 1 aromatic carbocycles. The van der Waals surface area contributed by atoms with Gasteiger partial charge in [-0.15, -0.1) is 0 Å². The van der Waals surface area contributed by atoms with E-state index in [2.05, 4.69) is 20.4 Å². The lowest BCUT2D eigenvalue weighted by Gasteiger charge is -2.06. The summed E-state index contributed by atoms with van der Waals surface area (Å²) in [6.07, 6.45) is 10.0. The Bertz CT molecular complexity index is 1030. The number of para-hydroxylation sites is 1. The topological polar surface area (TPSA) is 77.6 Å². The SMILES string of the molecule is Cc1ccccc1-n1cc(C(=O)Nc2ccc(-n3ccnc3)nc2)cn1. The Kier molecular flexibility index (Phi) is 4.03. The Balaban J connectivity index is 1.49. The molecule has 3 heterocycles. The number of amides is 1. The highest BCUT2D eigenvalue weighted by molar-refractivity contribution is 6.03. The summed E-state index contributed by atoms with van der Waals surface area (Å²) < 4.78 is 3.49. The molecule has 1 amide bonds. The number of aromatic nitrogens is 5. The van der Waals surface area contributed by atoms with Crippen LogP contribution in [0.1, 0.15) is 15.9 Å². The third-order valence-corrected chi connectivity index (χ3v) is 3.98. The number of anilines is 1. The molecule has 0 unspecified atom stereocenters. The molecule has 4 rings (SSSR count). The molecule has 7 nitrogen and oxygen atoms in total. The predicted molar refractivity (Wildman–Crippen MR) is 97.6 cm³/mol. The summed E-state index contributed by atoms with van der Waals surface area (Å²) in [5, 5.41) is 7.12. The summed E-state index contributed by atoms with van der Waals surface area (Å²) in [6, 6.07) is 11.5. The van der Waals surface area contributed by atoms with Gasteiger partial charge in [0.15, 0.2) is 0 Å². The lowest BCUT2D eigenvalue weighted by atomic mass is 10.2. The highest BCUT2D eigenvalue weighted by Gasteiger charge is 2.11. The molecule has 0 spiro atoms. The van der Waals surface area contributed by atoms with Crippen LogP contribution in [0.3, 0.4) is 0 Å². The first kappa shape index (κ1) is 15.8. The van der Waals surface area contributed by atoms with Crippen LogP contribution in [0.4, 0.5) is 5.69 Å². The van der Waals surface area contributed by atoms with Gasteiger partial charge in [0.1, 0.15) is 12.1 Å². The third-order valence-electron chi connectivity index (χ3n) is 3.98. The highest BCUT2D eigenvalue weighted by Crippen LogP contribution is 2.15. The second kappa shape index (κ2) is 6.64. The molecule has 0 radical (unpaired) electrons. The smallest absolute Gasteiger partial charge is 0.258 e. The van der Waals surface area contributed by atoms with Gasteiger partial charge in [-0.1, -0.05) is 18.2 Å². The number of carbonyl (C=O) groups is 1. The Labute approximate surface area is 150 Å². The van der Waals surface area contributed by atoms with Crippen molar-refractivity contribution in [2.45, 2.75) is 6.92 Å². The van der Waals surface area contributed by atoms with Gasteiger partial charge in [-0.25, -0.2) is 14.6 Å². The van der Waals surface area contributed by atoms with Crippen LogP contribution in [0.5, 0.6) is 0 Å². The zero-order valence-electron chi connectivity index (χ0n) is 14.1. The Morgan fingerprint density at radius 3 is 2.73 bits per heavy atom. The number of pyridine rings is 1. The summed E-state index contributed by atoms with van der Waals surface area (Å²) in [4.78, 5) is 20.8. The molecule has 0 bridgehead atoms. The van der Waals surface area contributed by atoms with E-state index in [4.69, 9.17) is 0 Å². The van der Waals surface area contributed by atoms with E-state index in [9.17, 15) is 4.79 Å². The van der Waals surface area contributed by atoms with E-state index in [1.54, 1.807) is 52.6 Å². The van der Waals surface area contributed by atoms with Crippen molar-refractivity contribution in [3.05, 3.63) is 84.8 Å². The molecule has 4 aromatic rings. The lowest BCUT2D eigenvalue weighted by Crippen LogP contribution is -2.11. The van der Waals surface area contributed by atoms with Crippen LogP contribution in [-0.4, -0.2) is 30.2 Å². The van der Waals surface area contributed by atoms with E-state index < -0.39 is 0 Å². The van der Waals surface area contributed by atoms with E-state index in [0.29, 0.717) is 11.3 Å². The first-order valence-electron chi connectivity index (χ1n) is 8.07. The molecular formula is C19H16N6O. The van der Waals surface area contributed by atoms with Crippen LogP contribution < -0.4 is 5.32 Å². The van der Waals surface area contributed by atoms with Gasteiger partial charge in [-0.2, -0.15) is 5.10 Å². The quantitative estimate of drug-likeness (QED) is 0.617. The number of aryl methyl sites for hydroxylation is 1. The van der Waals surface area contributed by atoms with Gasteiger partial charge in [0.25, 0.3) is 5.91 Å². The van der Waals surface area contributed by atoms with Crippen LogP contribution in [0.25, 0.3) is 11.5 Å². The molecule has 0 atom stereocenters. The molecular weight excluding hydrogens is 328 g/mol. The maximum absolute atomic E-state index is 12.4.